The van der Waals surface area contributed by atoms with E-state index in [1.54, 1.807) is 30.3 Å². The fourth-order valence-electron chi connectivity index (χ4n) is 3.53. The predicted molar refractivity (Wildman–Crippen MR) is 141 cm³/mol. The zero-order chi connectivity index (χ0) is 27.6. The van der Waals surface area contributed by atoms with E-state index in [-0.39, 0.29) is 27.5 Å². The zero-order valence-electron chi connectivity index (χ0n) is 19.8. The molecular weight excluding hydrogens is 591 g/mol. The van der Waals surface area contributed by atoms with Crippen LogP contribution in [0.15, 0.2) is 75.0 Å². The van der Waals surface area contributed by atoms with Gasteiger partial charge in [-0.05, 0) is 64.8 Å². The average molecular weight is 609 g/mol. The second kappa shape index (κ2) is 11.0. The quantitative estimate of drug-likeness (QED) is 0.189. The number of hydrogen-bond acceptors (Lipinski definition) is 6. The van der Waals surface area contributed by atoms with Crippen molar-refractivity contribution in [2.75, 3.05) is 7.11 Å². The lowest BCUT2D eigenvalue weighted by Crippen LogP contribution is -2.25. The van der Waals surface area contributed by atoms with E-state index in [0.717, 1.165) is 16.8 Å². The lowest BCUT2D eigenvalue weighted by Gasteiger charge is -2.15. The molecule has 0 aliphatic heterocycles. The number of aromatic nitrogens is 2. The lowest BCUT2D eigenvalue weighted by atomic mass is 10.1. The van der Waals surface area contributed by atoms with Gasteiger partial charge in [0, 0.05) is 5.56 Å². The number of carbonyl (C=O) groups is 1. The maximum absolute atomic E-state index is 13.4. The van der Waals surface area contributed by atoms with Gasteiger partial charge in [-0.15, -0.1) is 0 Å². The molecule has 0 saturated carbocycles. The first-order valence-corrected chi connectivity index (χ1v) is 12.1. The van der Waals surface area contributed by atoms with Gasteiger partial charge in [-0.1, -0.05) is 35.9 Å². The minimum Gasteiger partial charge on any atom is -0.476 e. The third-order valence-corrected chi connectivity index (χ3v) is 6.24. The Bertz CT molecular complexity index is 1600. The summed E-state index contributed by atoms with van der Waals surface area (Å²) in [4.78, 5) is 29.4. The molecule has 1 atom stereocenters. The molecule has 0 unspecified atom stereocenters. The first-order chi connectivity index (χ1) is 18.0. The van der Waals surface area contributed by atoms with Crippen LogP contribution in [0.5, 0.6) is 5.75 Å². The van der Waals surface area contributed by atoms with Crippen molar-refractivity contribution in [3.63, 3.8) is 0 Å². The number of ether oxygens (including phenoxy) is 2. The molecule has 0 aliphatic rings. The van der Waals surface area contributed by atoms with Crippen LogP contribution in [-0.4, -0.2) is 35.1 Å². The van der Waals surface area contributed by atoms with Crippen LogP contribution >= 0.6 is 27.5 Å². The third kappa shape index (κ3) is 5.73. The summed E-state index contributed by atoms with van der Waals surface area (Å²) in [5.41, 5.74) is -0.672. The molecule has 38 heavy (non-hydrogen) atoms. The molecule has 0 spiro atoms. The van der Waals surface area contributed by atoms with Gasteiger partial charge in [0.15, 0.2) is 17.7 Å². The number of nitrogens with zero attached hydrogens (tertiary/aromatic N) is 3. The van der Waals surface area contributed by atoms with Crippen molar-refractivity contribution in [3.8, 4) is 17.1 Å². The summed E-state index contributed by atoms with van der Waals surface area (Å²) in [7, 11) is 1.23. The van der Waals surface area contributed by atoms with Crippen LogP contribution in [0.1, 0.15) is 18.1 Å². The van der Waals surface area contributed by atoms with E-state index in [1.165, 1.54) is 38.4 Å². The molecule has 7 nitrogen and oxygen atoms in total. The van der Waals surface area contributed by atoms with E-state index in [4.69, 9.17) is 16.3 Å². The number of methoxy groups -OCH3 is 1. The van der Waals surface area contributed by atoms with Gasteiger partial charge in [-0.3, -0.25) is 4.79 Å². The van der Waals surface area contributed by atoms with Crippen LogP contribution in [0.4, 0.5) is 13.2 Å². The lowest BCUT2D eigenvalue weighted by molar-refractivity contribution is -0.148. The van der Waals surface area contributed by atoms with Crippen LogP contribution in [0.2, 0.25) is 5.02 Å². The number of para-hydroxylation sites is 1. The van der Waals surface area contributed by atoms with Crippen molar-refractivity contribution >= 4 is 50.6 Å². The largest absolute Gasteiger partial charge is 0.476 e. The highest BCUT2D eigenvalue weighted by Gasteiger charge is 2.31. The van der Waals surface area contributed by atoms with Gasteiger partial charge in [0.2, 0.25) is 0 Å². The number of benzene rings is 3. The van der Waals surface area contributed by atoms with Crippen LogP contribution < -0.4 is 10.3 Å². The maximum Gasteiger partial charge on any atom is 0.416 e. The Labute approximate surface area is 227 Å². The molecule has 196 valence electrons. The molecule has 4 aromatic rings. The Morgan fingerprint density at radius 3 is 2.58 bits per heavy atom. The maximum atomic E-state index is 13.4. The van der Waals surface area contributed by atoms with Crippen molar-refractivity contribution in [2.45, 2.75) is 19.2 Å². The van der Waals surface area contributed by atoms with Gasteiger partial charge < -0.3 is 9.47 Å². The van der Waals surface area contributed by atoms with E-state index < -0.39 is 29.4 Å². The highest BCUT2D eigenvalue weighted by Crippen LogP contribution is 2.35. The Morgan fingerprint density at radius 2 is 1.89 bits per heavy atom. The third-order valence-electron chi connectivity index (χ3n) is 5.37. The topological polar surface area (TPSA) is 82.8 Å². The summed E-state index contributed by atoms with van der Waals surface area (Å²) in [5, 5.41) is 4.62. The molecular formula is C26H18BrClF3N3O4. The molecule has 12 heteroatoms. The van der Waals surface area contributed by atoms with E-state index >= 15 is 0 Å². The normalized spacial score (nSPS) is 12.6. The number of hydrogen-bond donors (Lipinski definition) is 0. The number of alkyl halides is 3. The van der Waals surface area contributed by atoms with Crippen LogP contribution in [-0.2, 0) is 15.7 Å². The number of esters is 1. The molecule has 0 radical (unpaired) electrons. The highest BCUT2D eigenvalue weighted by molar-refractivity contribution is 9.10. The smallest absolute Gasteiger partial charge is 0.416 e. The summed E-state index contributed by atoms with van der Waals surface area (Å²) in [6.45, 7) is 1.50. The van der Waals surface area contributed by atoms with Gasteiger partial charge in [0.25, 0.3) is 5.56 Å². The number of rotatable bonds is 6. The SMILES string of the molecule is COC(=O)[C@@H](C)Oc1c(Cl)cc(C=Nn2c(-c3cccc(C(F)(F)F)c3)nc3ccccc3c2=O)cc1Br. The Kier molecular flexibility index (Phi) is 7.89. The number of fused-ring (bicyclic) bond motifs is 1. The summed E-state index contributed by atoms with van der Waals surface area (Å²) < 4.78 is 51.6. The minimum atomic E-state index is -4.58. The van der Waals surface area contributed by atoms with Crippen LogP contribution in [0.3, 0.4) is 0 Å². The van der Waals surface area contributed by atoms with Gasteiger partial charge in [-0.25, -0.2) is 9.78 Å². The molecule has 0 amide bonds. The first-order valence-electron chi connectivity index (χ1n) is 11.0. The summed E-state index contributed by atoms with van der Waals surface area (Å²) >= 11 is 9.69. The molecule has 4 rings (SSSR count). The molecule has 1 heterocycles. The summed E-state index contributed by atoms with van der Waals surface area (Å²) in [5.74, 6) is -0.479. The van der Waals surface area contributed by atoms with Crippen molar-refractivity contribution in [3.05, 3.63) is 91.6 Å². The zero-order valence-corrected chi connectivity index (χ0v) is 22.1. The summed E-state index contributed by atoms with van der Waals surface area (Å²) in [6.07, 6.45) is -4.20. The first kappa shape index (κ1) is 27.3. The van der Waals surface area contributed by atoms with Crippen molar-refractivity contribution in [1.29, 1.82) is 0 Å². The van der Waals surface area contributed by atoms with Crippen molar-refractivity contribution in [1.82, 2.24) is 9.66 Å². The number of carbonyl (C=O) groups excluding carboxylic acids is 1. The average Bonchev–Trinajstić information content (AvgIpc) is 2.89. The predicted octanol–water partition coefficient (Wildman–Crippen LogP) is 6.32. The number of halogens is 5. The second-order valence-electron chi connectivity index (χ2n) is 7.99. The monoisotopic (exact) mass is 607 g/mol. The molecule has 0 saturated heterocycles. The van der Waals surface area contributed by atoms with Gasteiger partial charge in [0.05, 0.1) is 39.3 Å². The van der Waals surface area contributed by atoms with Crippen LogP contribution in [0, 0.1) is 0 Å². The molecule has 0 aliphatic carbocycles. The molecule has 3 aromatic carbocycles. The Morgan fingerprint density at radius 1 is 1.16 bits per heavy atom. The van der Waals surface area contributed by atoms with Gasteiger partial charge in [-0.2, -0.15) is 22.9 Å². The van der Waals surface area contributed by atoms with Gasteiger partial charge in [0.1, 0.15) is 0 Å². The minimum absolute atomic E-state index is 0.0552. The van der Waals surface area contributed by atoms with Crippen LogP contribution in [0.25, 0.3) is 22.3 Å². The molecule has 0 bridgehead atoms. The Balaban J connectivity index is 1.81. The standard InChI is InChI=1S/C26H18BrClF3N3O4/c1-14(25(36)37-2)38-22-19(27)10-15(11-20(22)28)13-32-34-23(16-6-5-7-17(12-16)26(29,30)31)33-21-9-4-3-8-18(21)24(34)35/h3-14H,1-2H3/t14-/m1/s1. The molecule has 1 aromatic heterocycles. The fraction of sp³-hybridized carbons (Fsp3) is 0.154. The summed E-state index contributed by atoms with van der Waals surface area (Å²) in [6, 6.07) is 14.0. The van der Waals surface area contributed by atoms with Gasteiger partial charge >= 0.3 is 12.1 Å². The van der Waals surface area contributed by atoms with E-state index in [0.29, 0.717) is 15.6 Å². The molecule has 0 fully saturated rings. The Hall–Kier alpha value is -3.70. The fourth-order valence-corrected chi connectivity index (χ4v) is 4.49. The van der Waals surface area contributed by atoms with E-state index in [2.05, 4.69) is 30.8 Å². The van der Waals surface area contributed by atoms with E-state index in [1.807, 2.05) is 0 Å². The van der Waals surface area contributed by atoms with Crippen molar-refractivity contribution in [2.24, 2.45) is 5.10 Å². The highest BCUT2D eigenvalue weighted by atomic mass is 79.9. The van der Waals surface area contributed by atoms with Crippen molar-refractivity contribution < 1.29 is 27.4 Å². The second-order valence-corrected chi connectivity index (χ2v) is 9.25. The van der Waals surface area contributed by atoms with E-state index in [9.17, 15) is 22.8 Å². The molecule has 0 N–H and O–H groups in total.